The molecule has 4 aromatic rings. The van der Waals surface area contributed by atoms with Gasteiger partial charge < -0.3 is 8.82 Å². The summed E-state index contributed by atoms with van der Waals surface area (Å²) < 4.78 is 21.2. The van der Waals surface area contributed by atoms with Crippen molar-refractivity contribution in [3.63, 3.8) is 0 Å². The summed E-state index contributed by atoms with van der Waals surface area (Å²) in [5.41, 5.74) is 3.12. The van der Waals surface area contributed by atoms with Crippen LogP contribution in [0, 0.1) is 12.7 Å². The van der Waals surface area contributed by atoms with Crippen molar-refractivity contribution in [3.05, 3.63) is 76.4 Å². The molecule has 0 aliphatic heterocycles. The van der Waals surface area contributed by atoms with E-state index in [1.54, 1.807) is 0 Å². The topological polar surface area (TPSA) is 65.3 Å². The van der Waals surface area contributed by atoms with Gasteiger partial charge in [-0.05, 0) is 42.8 Å². The Morgan fingerprint density at radius 2 is 2.00 bits per heavy atom. The van der Waals surface area contributed by atoms with E-state index in [9.17, 15) is 9.18 Å². The molecule has 3 aromatic heterocycles. The molecule has 3 heterocycles. The number of hydrogen-bond donors (Lipinski definition) is 0. The van der Waals surface area contributed by atoms with Gasteiger partial charge in [-0.2, -0.15) is 4.68 Å². The minimum absolute atomic E-state index is 0.153. The quantitative estimate of drug-likeness (QED) is 0.581. The second-order valence-electron chi connectivity index (χ2n) is 5.49. The van der Waals surface area contributed by atoms with Crippen LogP contribution in [0.15, 0.2) is 58.0 Å². The molecule has 0 aliphatic carbocycles. The van der Waals surface area contributed by atoms with E-state index in [4.69, 9.17) is 4.42 Å². The highest BCUT2D eigenvalue weighted by Crippen LogP contribution is 2.16. The maximum atomic E-state index is 13.0. The third-order valence-electron chi connectivity index (χ3n) is 3.74. The molecular formula is C17H13FN4O2. The standard InChI is InChI=1S/C17H13FN4O2/c1-11-3-2-8-21-9-14(19-15(11)21)10-22-17(23)24-16(20-22)12-4-6-13(18)7-5-12/h2-9H,10H2,1H3. The molecule has 0 unspecified atom stereocenters. The number of rotatable bonds is 3. The van der Waals surface area contributed by atoms with Gasteiger partial charge in [0.1, 0.15) is 11.5 Å². The minimum Gasteiger partial charge on any atom is -0.388 e. The smallest absolute Gasteiger partial charge is 0.388 e. The number of imidazole rings is 1. The molecular weight excluding hydrogens is 311 g/mol. The molecule has 120 valence electrons. The molecule has 0 amide bonds. The second-order valence-corrected chi connectivity index (χ2v) is 5.49. The van der Waals surface area contributed by atoms with Crippen molar-refractivity contribution >= 4 is 5.65 Å². The van der Waals surface area contributed by atoms with Crippen LogP contribution in [0.5, 0.6) is 0 Å². The van der Waals surface area contributed by atoms with E-state index in [2.05, 4.69) is 10.1 Å². The Bertz CT molecular complexity index is 1080. The van der Waals surface area contributed by atoms with Crippen molar-refractivity contribution in [3.8, 4) is 11.5 Å². The third kappa shape index (κ3) is 2.50. The van der Waals surface area contributed by atoms with Crippen molar-refractivity contribution in [1.29, 1.82) is 0 Å². The van der Waals surface area contributed by atoms with Gasteiger partial charge in [0.15, 0.2) is 0 Å². The number of benzene rings is 1. The lowest BCUT2D eigenvalue weighted by Gasteiger charge is -1.94. The van der Waals surface area contributed by atoms with Crippen LogP contribution < -0.4 is 5.76 Å². The first-order valence-electron chi connectivity index (χ1n) is 7.37. The normalized spacial score (nSPS) is 11.2. The number of aryl methyl sites for hydroxylation is 1. The molecule has 0 aliphatic rings. The fraction of sp³-hybridized carbons (Fsp3) is 0.118. The number of nitrogens with zero attached hydrogens (tertiary/aromatic N) is 4. The predicted molar refractivity (Wildman–Crippen MR) is 85.2 cm³/mol. The molecule has 0 spiro atoms. The van der Waals surface area contributed by atoms with Crippen molar-refractivity contribution < 1.29 is 8.81 Å². The summed E-state index contributed by atoms with van der Waals surface area (Å²) >= 11 is 0. The van der Waals surface area contributed by atoms with E-state index in [1.165, 1.54) is 28.9 Å². The Hall–Kier alpha value is -3.22. The van der Waals surface area contributed by atoms with E-state index in [-0.39, 0.29) is 18.3 Å². The van der Waals surface area contributed by atoms with Gasteiger partial charge in [0.2, 0.25) is 5.89 Å². The van der Waals surface area contributed by atoms with Crippen LogP contribution in [0.4, 0.5) is 4.39 Å². The average molecular weight is 324 g/mol. The molecule has 0 saturated heterocycles. The average Bonchev–Trinajstić information content (AvgIpc) is 3.13. The highest BCUT2D eigenvalue weighted by atomic mass is 19.1. The number of hydrogen-bond acceptors (Lipinski definition) is 4. The summed E-state index contributed by atoms with van der Waals surface area (Å²) in [6, 6.07) is 9.51. The first-order valence-corrected chi connectivity index (χ1v) is 7.37. The van der Waals surface area contributed by atoms with E-state index in [1.807, 2.05) is 35.9 Å². The fourth-order valence-electron chi connectivity index (χ4n) is 2.55. The molecule has 0 N–H and O–H groups in total. The zero-order valence-corrected chi connectivity index (χ0v) is 12.8. The van der Waals surface area contributed by atoms with Gasteiger partial charge >= 0.3 is 5.76 Å². The van der Waals surface area contributed by atoms with E-state index >= 15 is 0 Å². The van der Waals surface area contributed by atoms with Crippen molar-refractivity contribution in [1.82, 2.24) is 19.2 Å². The van der Waals surface area contributed by atoms with E-state index in [0.29, 0.717) is 11.3 Å². The summed E-state index contributed by atoms with van der Waals surface area (Å²) in [6.07, 6.45) is 3.75. The molecule has 0 saturated carbocycles. The maximum Gasteiger partial charge on any atom is 0.437 e. The Morgan fingerprint density at radius 1 is 1.21 bits per heavy atom. The van der Waals surface area contributed by atoms with Crippen LogP contribution >= 0.6 is 0 Å². The third-order valence-corrected chi connectivity index (χ3v) is 3.74. The molecule has 4 rings (SSSR count). The largest absolute Gasteiger partial charge is 0.437 e. The van der Waals surface area contributed by atoms with Crippen molar-refractivity contribution in [2.75, 3.05) is 0 Å². The lowest BCUT2D eigenvalue weighted by molar-refractivity contribution is 0.493. The molecule has 7 heteroatoms. The van der Waals surface area contributed by atoms with E-state index < -0.39 is 5.76 Å². The van der Waals surface area contributed by atoms with Gasteiger partial charge in [-0.25, -0.2) is 14.2 Å². The van der Waals surface area contributed by atoms with E-state index in [0.717, 1.165) is 11.2 Å². The summed E-state index contributed by atoms with van der Waals surface area (Å²) in [6.45, 7) is 2.17. The lowest BCUT2D eigenvalue weighted by Crippen LogP contribution is -2.16. The molecule has 0 bridgehead atoms. The van der Waals surface area contributed by atoms with Gasteiger partial charge in [-0.1, -0.05) is 6.07 Å². The minimum atomic E-state index is -0.580. The van der Waals surface area contributed by atoms with Crippen LogP contribution in [0.2, 0.25) is 0 Å². The number of aromatic nitrogens is 4. The molecule has 0 radical (unpaired) electrons. The van der Waals surface area contributed by atoms with Crippen molar-refractivity contribution in [2.24, 2.45) is 0 Å². The van der Waals surface area contributed by atoms with Crippen molar-refractivity contribution in [2.45, 2.75) is 13.5 Å². The fourth-order valence-corrected chi connectivity index (χ4v) is 2.55. The van der Waals surface area contributed by atoms with Crippen LogP contribution in [-0.2, 0) is 6.54 Å². The second kappa shape index (κ2) is 5.45. The van der Waals surface area contributed by atoms with Crippen LogP contribution in [0.25, 0.3) is 17.1 Å². The molecule has 0 atom stereocenters. The van der Waals surface area contributed by atoms with Gasteiger partial charge in [0, 0.05) is 18.0 Å². The highest BCUT2D eigenvalue weighted by molar-refractivity contribution is 5.52. The van der Waals surface area contributed by atoms with Crippen LogP contribution in [0.1, 0.15) is 11.3 Å². The van der Waals surface area contributed by atoms with Crippen LogP contribution in [0.3, 0.4) is 0 Å². The Kier molecular flexibility index (Phi) is 3.26. The first-order chi connectivity index (χ1) is 11.6. The number of pyridine rings is 1. The zero-order chi connectivity index (χ0) is 16.7. The summed E-state index contributed by atoms with van der Waals surface area (Å²) in [4.78, 5) is 16.5. The van der Waals surface area contributed by atoms with Gasteiger partial charge in [0.05, 0.1) is 12.2 Å². The Balaban J connectivity index is 1.68. The van der Waals surface area contributed by atoms with Gasteiger partial charge in [-0.3, -0.25) is 0 Å². The molecule has 24 heavy (non-hydrogen) atoms. The Labute approximate surface area is 135 Å². The number of halogens is 1. The molecule has 0 fully saturated rings. The first kappa shape index (κ1) is 14.4. The zero-order valence-electron chi connectivity index (χ0n) is 12.8. The van der Waals surface area contributed by atoms with Gasteiger partial charge in [0.25, 0.3) is 0 Å². The number of fused-ring (bicyclic) bond motifs is 1. The predicted octanol–water partition coefficient (Wildman–Crippen LogP) is 2.65. The summed E-state index contributed by atoms with van der Waals surface area (Å²) in [5.74, 6) is -0.788. The lowest BCUT2D eigenvalue weighted by atomic mass is 10.2. The van der Waals surface area contributed by atoms with Crippen LogP contribution in [-0.4, -0.2) is 19.2 Å². The SMILES string of the molecule is Cc1cccn2cc(Cn3nc(-c4ccc(F)cc4)oc3=O)nc12. The maximum absolute atomic E-state index is 13.0. The molecule has 1 aromatic carbocycles. The molecule has 6 nitrogen and oxygen atoms in total. The Morgan fingerprint density at radius 3 is 2.75 bits per heavy atom. The summed E-state index contributed by atoms with van der Waals surface area (Å²) in [7, 11) is 0. The van der Waals surface area contributed by atoms with Gasteiger partial charge in [-0.15, -0.1) is 5.10 Å². The monoisotopic (exact) mass is 324 g/mol. The highest BCUT2D eigenvalue weighted by Gasteiger charge is 2.12. The summed E-state index contributed by atoms with van der Waals surface area (Å²) in [5, 5.41) is 4.16.